The van der Waals surface area contributed by atoms with Gasteiger partial charge in [0.05, 0.1) is 16.0 Å². The zero-order valence-electron chi connectivity index (χ0n) is 15.5. The van der Waals surface area contributed by atoms with Crippen LogP contribution in [-0.2, 0) is 11.2 Å². The number of aromatic nitrogens is 2. The number of H-pyrrole nitrogens is 1. The summed E-state index contributed by atoms with van der Waals surface area (Å²) < 4.78 is 0. The highest BCUT2D eigenvalue weighted by Crippen LogP contribution is 2.15. The van der Waals surface area contributed by atoms with Gasteiger partial charge in [-0.2, -0.15) is 0 Å². The molecule has 8 nitrogen and oxygen atoms in total. The number of imidazole rings is 1. The number of benzene rings is 2. The van der Waals surface area contributed by atoms with E-state index in [4.69, 9.17) is 0 Å². The Balaban J connectivity index is 1.27. The second-order valence-corrected chi connectivity index (χ2v) is 6.49. The summed E-state index contributed by atoms with van der Waals surface area (Å²) in [5.74, 6) is 0.956. The van der Waals surface area contributed by atoms with E-state index in [0.717, 1.165) is 35.4 Å². The van der Waals surface area contributed by atoms with Gasteiger partial charge in [-0.25, -0.2) is 4.98 Å². The fourth-order valence-electron chi connectivity index (χ4n) is 2.88. The molecule has 0 saturated carbocycles. The molecule has 146 valence electrons. The Labute approximate surface area is 162 Å². The van der Waals surface area contributed by atoms with Gasteiger partial charge >= 0.3 is 0 Å². The third-order valence-corrected chi connectivity index (χ3v) is 4.34. The maximum atomic E-state index is 11.9. The Morgan fingerprint density at radius 1 is 1.07 bits per heavy atom. The molecule has 0 radical (unpaired) electrons. The SMILES string of the molecule is O=C(CCCNc1ccc([N+](=O)[O-])cc1)NCCCc1nc2ccccc2[nH]1. The van der Waals surface area contributed by atoms with Crippen molar-refractivity contribution in [2.75, 3.05) is 18.4 Å². The van der Waals surface area contributed by atoms with Gasteiger partial charge in [-0.3, -0.25) is 14.9 Å². The number of carbonyl (C=O) groups is 1. The van der Waals surface area contributed by atoms with E-state index in [2.05, 4.69) is 20.6 Å². The predicted molar refractivity (Wildman–Crippen MR) is 108 cm³/mol. The smallest absolute Gasteiger partial charge is 0.269 e. The molecule has 3 aromatic rings. The zero-order chi connectivity index (χ0) is 19.8. The van der Waals surface area contributed by atoms with Crippen molar-refractivity contribution in [2.24, 2.45) is 0 Å². The normalized spacial score (nSPS) is 10.7. The van der Waals surface area contributed by atoms with Crippen LogP contribution in [0, 0.1) is 10.1 Å². The van der Waals surface area contributed by atoms with Crippen molar-refractivity contribution in [2.45, 2.75) is 25.7 Å². The molecular formula is C20H23N5O3. The van der Waals surface area contributed by atoms with Gasteiger partial charge in [0.2, 0.25) is 5.91 Å². The van der Waals surface area contributed by atoms with Gasteiger partial charge in [-0.15, -0.1) is 0 Å². The number of para-hydroxylation sites is 2. The van der Waals surface area contributed by atoms with Gasteiger partial charge in [0.25, 0.3) is 5.69 Å². The van der Waals surface area contributed by atoms with Gasteiger partial charge in [0.15, 0.2) is 0 Å². The first-order chi connectivity index (χ1) is 13.6. The number of hydrogen-bond donors (Lipinski definition) is 3. The van der Waals surface area contributed by atoms with Crippen molar-refractivity contribution >= 4 is 28.3 Å². The minimum absolute atomic E-state index is 0.0232. The van der Waals surface area contributed by atoms with Crippen molar-refractivity contribution in [3.05, 3.63) is 64.5 Å². The molecule has 3 N–H and O–H groups in total. The summed E-state index contributed by atoms with van der Waals surface area (Å²) in [6.45, 7) is 1.25. The number of aromatic amines is 1. The summed E-state index contributed by atoms with van der Waals surface area (Å²) >= 11 is 0. The zero-order valence-corrected chi connectivity index (χ0v) is 15.5. The Hall–Kier alpha value is -3.42. The van der Waals surface area contributed by atoms with Crippen LogP contribution in [0.3, 0.4) is 0 Å². The molecule has 1 amide bonds. The maximum Gasteiger partial charge on any atom is 0.269 e. The van der Waals surface area contributed by atoms with Gasteiger partial charge in [0, 0.05) is 43.8 Å². The second kappa shape index (κ2) is 9.50. The van der Waals surface area contributed by atoms with Gasteiger partial charge in [-0.05, 0) is 37.1 Å². The van der Waals surface area contributed by atoms with Crippen LogP contribution in [0.1, 0.15) is 25.1 Å². The lowest BCUT2D eigenvalue weighted by Gasteiger charge is -2.07. The summed E-state index contributed by atoms with van der Waals surface area (Å²) in [4.78, 5) is 29.9. The molecule has 0 aliphatic rings. The summed E-state index contributed by atoms with van der Waals surface area (Å²) in [7, 11) is 0. The largest absolute Gasteiger partial charge is 0.385 e. The number of amides is 1. The quantitative estimate of drug-likeness (QED) is 0.283. The van der Waals surface area contributed by atoms with Crippen LogP contribution in [0.2, 0.25) is 0 Å². The monoisotopic (exact) mass is 381 g/mol. The third-order valence-electron chi connectivity index (χ3n) is 4.34. The number of aryl methyl sites for hydroxylation is 1. The Bertz CT molecular complexity index is 903. The van der Waals surface area contributed by atoms with Gasteiger partial charge in [0.1, 0.15) is 5.82 Å². The number of rotatable bonds is 10. The molecule has 1 heterocycles. The molecule has 0 saturated heterocycles. The predicted octanol–water partition coefficient (Wildman–Crippen LogP) is 3.41. The highest BCUT2D eigenvalue weighted by molar-refractivity contribution is 5.76. The van der Waals surface area contributed by atoms with Gasteiger partial charge < -0.3 is 15.6 Å². The van der Waals surface area contributed by atoms with E-state index in [-0.39, 0.29) is 11.6 Å². The Morgan fingerprint density at radius 3 is 2.61 bits per heavy atom. The number of carbonyl (C=O) groups excluding carboxylic acids is 1. The van der Waals surface area contributed by atoms with Crippen molar-refractivity contribution in [1.82, 2.24) is 15.3 Å². The van der Waals surface area contributed by atoms with E-state index < -0.39 is 4.92 Å². The molecule has 1 aromatic heterocycles. The molecule has 0 fully saturated rings. The molecule has 2 aromatic carbocycles. The number of nitro groups is 1. The van der Waals surface area contributed by atoms with E-state index >= 15 is 0 Å². The minimum atomic E-state index is -0.428. The summed E-state index contributed by atoms with van der Waals surface area (Å²) in [6.07, 6.45) is 2.74. The van der Waals surface area contributed by atoms with Crippen LogP contribution in [0.15, 0.2) is 48.5 Å². The Kier molecular flexibility index (Phi) is 6.56. The lowest BCUT2D eigenvalue weighted by molar-refractivity contribution is -0.384. The molecule has 0 atom stereocenters. The molecule has 28 heavy (non-hydrogen) atoms. The lowest BCUT2D eigenvalue weighted by atomic mass is 10.2. The van der Waals surface area contributed by atoms with Crippen molar-refractivity contribution in [3.8, 4) is 0 Å². The van der Waals surface area contributed by atoms with Crippen LogP contribution in [0.5, 0.6) is 0 Å². The molecule has 0 bridgehead atoms. The molecule has 0 unspecified atom stereocenters. The summed E-state index contributed by atoms with van der Waals surface area (Å²) in [5.41, 5.74) is 2.86. The highest BCUT2D eigenvalue weighted by atomic mass is 16.6. The lowest BCUT2D eigenvalue weighted by Crippen LogP contribution is -2.25. The van der Waals surface area contributed by atoms with E-state index in [0.29, 0.717) is 25.9 Å². The number of hydrogen-bond acceptors (Lipinski definition) is 5. The van der Waals surface area contributed by atoms with E-state index in [9.17, 15) is 14.9 Å². The Morgan fingerprint density at radius 2 is 1.86 bits per heavy atom. The summed E-state index contributed by atoms with van der Waals surface area (Å²) in [6, 6.07) is 14.1. The standard InChI is InChI=1S/C20H23N5O3/c26-20(8-4-13-21-15-9-11-16(12-10-15)25(27)28)22-14-3-7-19-23-17-5-1-2-6-18(17)24-19/h1-2,5-6,9-12,21H,3-4,7-8,13-14H2,(H,22,26)(H,23,24). The second-order valence-electron chi connectivity index (χ2n) is 6.49. The number of nitro benzene ring substituents is 1. The molecule has 0 aliphatic carbocycles. The average Bonchev–Trinajstić information content (AvgIpc) is 3.12. The number of nitrogens with one attached hydrogen (secondary N) is 3. The van der Waals surface area contributed by atoms with Crippen LogP contribution < -0.4 is 10.6 Å². The van der Waals surface area contributed by atoms with Crippen molar-refractivity contribution < 1.29 is 9.72 Å². The van der Waals surface area contributed by atoms with Crippen LogP contribution in [0.4, 0.5) is 11.4 Å². The first kappa shape index (κ1) is 19.3. The third kappa shape index (κ3) is 5.54. The first-order valence-electron chi connectivity index (χ1n) is 9.30. The highest BCUT2D eigenvalue weighted by Gasteiger charge is 2.05. The van der Waals surface area contributed by atoms with Gasteiger partial charge in [-0.1, -0.05) is 12.1 Å². The van der Waals surface area contributed by atoms with Crippen molar-refractivity contribution in [3.63, 3.8) is 0 Å². The summed E-state index contributed by atoms with van der Waals surface area (Å²) in [5, 5.41) is 16.7. The number of fused-ring (bicyclic) bond motifs is 1. The van der Waals surface area contributed by atoms with Crippen molar-refractivity contribution in [1.29, 1.82) is 0 Å². The molecule has 0 spiro atoms. The molecule has 0 aliphatic heterocycles. The van der Waals surface area contributed by atoms with E-state index in [1.165, 1.54) is 12.1 Å². The van der Waals surface area contributed by atoms with E-state index in [1.807, 2.05) is 24.3 Å². The molecular weight excluding hydrogens is 358 g/mol. The minimum Gasteiger partial charge on any atom is -0.385 e. The van der Waals surface area contributed by atoms with Crippen LogP contribution >= 0.6 is 0 Å². The average molecular weight is 381 g/mol. The fourth-order valence-corrected chi connectivity index (χ4v) is 2.88. The maximum absolute atomic E-state index is 11.9. The molecule has 3 rings (SSSR count). The number of anilines is 1. The fraction of sp³-hybridized carbons (Fsp3) is 0.300. The van der Waals surface area contributed by atoms with E-state index in [1.54, 1.807) is 12.1 Å². The number of nitrogens with zero attached hydrogens (tertiary/aromatic N) is 2. The topological polar surface area (TPSA) is 113 Å². The van der Waals surface area contributed by atoms with Crippen LogP contribution in [0.25, 0.3) is 11.0 Å². The van der Waals surface area contributed by atoms with Crippen LogP contribution in [-0.4, -0.2) is 33.9 Å². The number of non-ortho nitro benzene ring substituents is 1. The first-order valence-corrected chi connectivity index (χ1v) is 9.30. The molecule has 8 heteroatoms.